The number of rotatable bonds is 2. The lowest BCUT2D eigenvalue weighted by atomic mass is 9.86. The monoisotopic (exact) mass is 326 g/mol. The van der Waals surface area contributed by atoms with Crippen LogP contribution >= 0.6 is 0 Å². The first-order valence-corrected chi connectivity index (χ1v) is 7.97. The van der Waals surface area contributed by atoms with E-state index < -0.39 is 0 Å². The van der Waals surface area contributed by atoms with Gasteiger partial charge in [0.2, 0.25) is 5.91 Å². The molecule has 2 fully saturated rings. The lowest BCUT2D eigenvalue weighted by molar-refractivity contribution is -0.117. The molecule has 0 saturated carbocycles. The number of likely N-dealkylation sites (tertiary alicyclic amines) is 1. The number of amides is 2. The summed E-state index contributed by atoms with van der Waals surface area (Å²) < 4.78 is 5.23. The van der Waals surface area contributed by atoms with E-state index in [9.17, 15) is 9.59 Å². The van der Waals surface area contributed by atoms with Crippen LogP contribution in [-0.2, 0) is 4.79 Å². The first-order chi connectivity index (χ1) is 11.6. The fraction of sp³-hybridized carbons (Fsp3) is 0.412. The topological polar surface area (TPSA) is 79.5 Å². The van der Waals surface area contributed by atoms with Gasteiger partial charge in [0.05, 0.1) is 29.9 Å². The number of furan rings is 1. The number of carbonyl (C=O) groups is 2. The van der Waals surface area contributed by atoms with Crippen LogP contribution in [0.15, 0.2) is 35.5 Å². The SMILES string of the molecule is Cc1occc1C(=O)N1CC[C@@]2(CC(=O)N(c3cncnc3)C2)C1. The van der Waals surface area contributed by atoms with E-state index in [0.29, 0.717) is 37.4 Å². The molecule has 2 aliphatic heterocycles. The molecule has 2 aliphatic rings. The summed E-state index contributed by atoms with van der Waals surface area (Å²) in [6, 6.07) is 1.70. The van der Waals surface area contributed by atoms with Crippen LogP contribution in [0, 0.1) is 12.3 Å². The first-order valence-electron chi connectivity index (χ1n) is 7.97. The van der Waals surface area contributed by atoms with Crippen molar-refractivity contribution >= 4 is 17.5 Å². The number of hydrogen-bond acceptors (Lipinski definition) is 5. The number of hydrogen-bond donors (Lipinski definition) is 0. The highest BCUT2D eigenvalue weighted by molar-refractivity contribution is 5.97. The lowest BCUT2D eigenvalue weighted by Gasteiger charge is -2.24. The highest BCUT2D eigenvalue weighted by Gasteiger charge is 2.49. The molecule has 2 amide bonds. The Balaban J connectivity index is 1.51. The van der Waals surface area contributed by atoms with Crippen molar-refractivity contribution in [3.8, 4) is 0 Å². The predicted molar refractivity (Wildman–Crippen MR) is 85.4 cm³/mol. The van der Waals surface area contributed by atoms with E-state index in [0.717, 1.165) is 12.1 Å². The van der Waals surface area contributed by atoms with Crippen LogP contribution in [0.1, 0.15) is 29.0 Å². The Kier molecular flexibility index (Phi) is 3.37. The second kappa shape index (κ2) is 5.43. The molecule has 0 bridgehead atoms. The van der Waals surface area contributed by atoms with Crippen LogP contribution in [0.2, 0.25) is 0 Å². The van der Waals surface area contributed by atoms with E-state index in [1.807, 2.05) is 4.90 Å². The quantitative estimate of drug-likeness (QED) is 0.838. The summed E-state index contributed by atoms with van der Waals surface area (Å²) in [5.74, 6) is 0.678. The summed E-state index contributed by atoms with van der Waals surface area (Å²) in [6.07, 6.45) is 7.56. The lowest BCUT2D eigenvalue weighted by Crippen LogP contribution is -2.34. The van der Waals surface area contributed by atoms with Crippen molar-refractivity contribution in [1.82, 2.24) is 14.9 Å². The van der Waals surface area contributed by atoms with Gasteiger partial charge < -0.3 is 14.2 Å². The minimum atomic E-state index is -0.180. The number of nitrogens with zero attached hydrogens (tertiary/aromatic N) is 4. The smallest absolute Gasteiger partial charge is 0.257 e. The standard InChI is InChI=1S/C17H18N4O3/c1-12-14(2-5-24-12)16(23)20-4-3-17(9-20)6-15(22)21(10-17)13-7-18-11-19-8-13/h2,5,7-8,11H,3-4,6,9-10H2,1H3/t17-/m1/s1. The van der Waals surface area contributed by atoms with Crippen LogP contribution in [0.25, 0.3) is 0 Å². The van der Waals surface area contributed by atoms with E-state index in [4.69, 9.17) is 4.42 Å². The Morgan fingerprint density at radius 3 is 2.79 bits per heavy atom. The van der Waals surface area contributed by atoms with E-state index >= 15 is 0 Å². The Morgan fingerprint density at radius 2 is 2.08 bits per heavy atom. The van der Waals surface area contributed by atoms with E-state index in [-0.39, 0.29) is 17.2 Å². The molecule has 24 heavy (non-hydrogen) atoms. The molecule has 7 heteroatoms. The van der Waals surface area contributed by atoms with E-state index in [2.05, 4.69) is 9.97 Å². The van der Waals surface area contributed by atoms with E-state index in [1.54, 1.807) is 30.3 Å². The summed E-state index contributed by atoms with van der Waals surface area (Å²) in [4.78, 5) is 36.6. The fourth-order valence-corrected chi connectivity index (χ4v) is 3.72. The molecule has 0 unspecified atom stereocenters. The third-order valence-corrected chi connectivity index (χ3v) is 4.99. The maximum Gasteiger partial charge on any atom is 0.257 e. The largest absolute Gasteiger partial charge is 0.469 e. The summed E-state index contributed by atoms with van der Waals surface area (Å²) in [6.45, 7) is 3.64. The molecular weight excluding hydrogens is 308 g/mol. The molecule has 2 aromatic heterocycles. The van der Waals surface area contributed by atoms with Crippen molar-refractivity contribution in [1.29, 1.82) is 0 Å². The minimum absolute atomic E-state index is 0.0212. The van der Waals surface area contributed by atoms with Crippen LogP contribution in [0.5, 0.6) is 0 Å². The van der Waals surface area contributed by atoms with E-state index in [1.165, 1.54) is 12.6 Å². The molecule has 124 valence electrons. The second-order valence-corrected chi connectivity index (χ2v) is 6.62. The number of carbonyl (C=O) groups excluding carboxylic acids is 2. The molecule has 2 aromatic rings. The van der Waals surface area contributed by atoms with Crippen molar-refractivity contribution < 1.29 is 14.0 Å². The molecular formula is C17H18N4O3. The van der Waals surface area contributed by atoms with Gasteiger partial charge in [-0.15, -0.1) is 0 Å². The Bertz CT molecular complexity index is 788. The predicted octanol–water partition coefficient (Wildman–Crippen LogP) is 1.65. The maximum atomic E-state index is 12.6. The van der Waals surface area contributed by atoms with Gasteiger partial charge in [0, 0.05) is 31.5 Å². The summed E-state index contributed by atoms with van der Waals surface area (Å²) >= 11 is 0. The van der Waals surface area contributed by atoms with Crippen molar-refractivity contribution in [3.63, 3.8) is 0 Å². The average molecular weight is 326 g/mol. The minimum Gasteiger partial charge on any atom is -0.469 e. The van der Waals surface area contributed by atoms with Gasteiger partial charge in [0.15, 0.2) is 0 Å². The Morgan fingerprint density at radius 1 is 1.29 bits per heavy atom. The van der Waals surface area contributed by atoms with Crippen molar-refractivity contribution in [2.24, 2.45) is 5.41 Å². The van der Waals surface area contributed by atoms with Crippen LogP contribution in [-0.4, -0.2) is 46.3 Å². The first kappa shape index (κ1) is 14.9. The highest BCUT2D eigenvalue weighted by atomic mass is 16.3. The van der Waals surface area contributed by atoms with Gasteiger partial charge in [0.25, 0.3) is 5.91 Å². The van der Waals surface area contributed by atoms with Crippen molar-refractivity contribution in [2.75, 3.05) is 24.5 Å². The highest BCUT2D eigenvalue weighted by Crippen LogP contribution is 2.42. The van der Waals surface area contributed by atoms with Crippen LogP contribution in [0.4, 0.5) is 5.69 Å². The third-order valence-electron chi connectivity index (χ3n) is 4.99. The molecule has 0 radical (unpaired) electrons. The molecule has 1 atom stereocenters. The number of aryl methyl sites for hydroxylation is 1. The molecule has 0 aliphatic carbocycles. The van der Waals surface area contributed by atoms with Crippen molar-refractivity contribution in [3.05, 3.63) is 42.4 Å². The average Bonchev–Trinajstić information content (AvgIpc) is 3.28. The van der Waals surface area contributed by atoms with Gasteiger partial charge >= 0.3 is 0 Å². The number of aromatic nitrogens is 2. The zero-order chi connectivity index (χ0) is 16.7. The van der Waals surface area contributed by atoms with Crippen LogP contribution in [0.3, 0.4) is 0 Å². The Hall–Kier alpha value is -2.70. The van der Waals surface area contributed by atoms with Gasteiger partial charge in [-0.1, -0.05) is 0 Å². The summed E-state index contributed by atoms with van der Waals surface area (Å²) in [5.41, 5.74) is 1.14. The zero-order valence-corrected chi connectivity index (χ0v) is 13.4. The molecule has 0 aromatic carbocycles. The molecule has 4 heterocycles. The molecule has 0 N–H and O–H groups in total. The van der Waals surface area contributed by atoms with Crippen LogP contribution < -0.4 is 4.90 Å². The third kappa shape index (κ3) is 2.36. The molecule has 7 nitrogen and oxygen atoms in total. The Labute approximate surface area is 139 Å². The number of anilines is 1. The zero-order valence-electron chi connectivity index (χ0n) is 13.4. The molecule has 4 rings (SSSR count). The molecule has 2 saturated heterocycles. The normalized spacial score (nSPS) is 23.5. The van der Waals surface area contributed by atoms with Gasteiger partial charge in [-0.3, -0.25) is 9.59 Å². The maximum absolute atomic E-state index is 12.6. The summed E-state index contributed by atoms with van der Waals surface area (Å²) in [7, 11) is 0. The van der Waals surface area contributed by atoms with Gasteiger partial charge in [-0.2, -0.15) is 0 Å². The van der Waals surface area contributed by atoms with Gasteiger partial charge in [-0.25, -0.2) is 9.97 Å². The van der Waals surface area contributed by atoms with Crippen molar-refractivity contribution in [2.45, 2.75) is 19.8 Å². The second-order valence-electron chi connectivity index (χ2n) is 6.62. The van der Waals surface area contributed by atoms with Gasteiger partial charge in [-0.05, 0) is 19.4 Å². The fourth-order valence-electron chi connectivity index (χ4n) is 3.72. The van der Waals surface area contributed by atoms with Gasteiger partial charge in [0.1, 0.15) is 12.1 Å². The molecule has 1 spiro atoms. The summed E-state index contributed by atoms with van der Waals surface area (Å²) in [5, 5.41) is 0.